The summed E-state index contributed by atoms with van der Waals surface area (Å²) in [5.41, 5.74) is 0. The van der Waals surface area contributed by atoms with Crippen molar-refractivity contribution in [2.75, 3.05) is 39.6 Å². The first-order chi connectivity index (χ1) is 51.6. The standard InChI is InChI=1S/C87H170O17P2/c1-6-10-13-16-19-22-25-27-29-31-33-35-36-38-40-42-44-46-52-57-62-67-72-86(91)103-83(77-98-85(90)71-66-61-56-51-45-43-41-39-37-34-32-30-28-26-23-20-17-14-11-7-2)79-102-106(95,96)100-75-81(88)74-99-105(93,94)101-78-82(76-97-84(89)70-65-60-55-50-24-21-18-15-12-8-3)104-87(92)73-68-63-58-53-48-47-49-54-59-64-69-80(5)9-4/h80-83,88H,6-79H2,1-5H3,(H,93,94)(H,95,96)/t80?,81-,82+,83+/m0/s1. The molecule has 3 N–H and O–H groups in total. The first kappa shape index (κ1) is 104. The van der Waals surface area contributed by atoms with E-state index in [0.717, 1.165) is 95.8 Å². The minimum absolute atomic E-state index is 0.107. The lowest BCUT2D eigenvalue weighted by Gasteiger charge is -2.21. The van der Waals surface area contributed by atoms with Crippen molar-refractivity contribution in [2.45, 2.75) is 490 Å². The van der Waals surface area contributed by atoms with Gasteiger partial charge in [0.1, 0.15) is 19.3 Å². The van der Waals surface area contributed by atoms with Crippen LogP contribution < -0.4 is 0 Å². The number of phosphoric ester groups is 2. The Balaban J connectivity index is 5.21. The van der Waals surface area contributed by atoms with E-state index in [9.17, 15) is 43.2 Å². The van der Waals surface area contributed by atoms with Crippen molar-refractivity contribution in [1.29, 1.82) is 0 Å². The Bertz CT molecular complexity index is 2020. The van der Waals surface area contributed by atoms with Gasteiger partial charge in [-0.3, -0.25) is 37.3 Å². The summed E-state index contributed by atoms with van der Waals surface area (Å²) in [7, 11) is -9.93. The minimum atomic E-state index is -4.97. The summed E-state index contributed by atoms with van der Waals surface area (Å²) in [6, 6.07) is 0. The van der Waals surface area contributed by atoms with Crippen LogP contribution in [0.15, 0.2) is 0 Å². The fourth-order valence-corrected chi connectivity index (χ4v) is 15.2. The van der Waals surface area contributed by atoms with Gasteiger partial charge in [-0.1, -0.05) is 420 Å². The second-order valence-electron chi connectivity index (χ2n) is 31.5. The largest absolute Gasteiger partial charge is 0.472 e. The number of hydrogen-bond donors (Lipinski definition) is 3. The monoisotopic (exact) mass is 1550 g/mol. The third-order valence-electron chi connectivity index (χ3n) is 20.9. The summed E-state index contributed by atoms with van der Waals surface area (Å²) >= 11 is 0. The molecule has 0 saturated carbocycles. The molecule has 0 aliphatic carbocycles. The molecule has 0 aromatic rings. The number of ether oxygens (including phenoxy) is 4. The lowest BCUT2D eigenvalue weighted by atomic mass is 9.99. The molecule has 630 valence electrons. The average molecular weight is 1550 g/mol. The topological polar surface area (TPSA) is 237 Å². The van der Waals surface area contributed by atoms with E-state index in [1.54, 1.807) is 0 Å². The predicted octanol–water partition coefficient (Wildman–Crippen LogP) is 26.8. The van der Waals surface area contributed by atoms with Gasteiger partial charge in [0.2, 0.25) is 0 Å². The van der Waals surface area contributed by atoms with Crippen LogP contribution in [0.3, 0.4) is 0 Å². The first-order valence-corrected chi connectivity index (χ1v) is 48.2. The van der Waals surface area contributed by atoms with Crippen LogP contribution in [-0.2, 0) is 65.4 Å². The Morgan fingerprint density at radius 2 is 0.453 bits per heavy atom. The lowest BCUT2D eigenvalue weighted by Crippen LogP contribution is -2.30. The molecular weight excluding hydrogens is 1380 g/mol. The summed E-state index contributed by atoms with van der Waals surface area (Å²) in [5, 5.41) is 10.7. The Morgan fingerprint density at radius 3 is 0.670 bits per heavy atom. The van der Waals surface area contributed by atoms with Crippen molar-refractivity contribution >= 4 is 39.5 Å². The summed E-state index contributed by atoms with van der Waals surface area (Å²) in [6.07, 6.45) is 73.7. The van der Waals surface area contributed by atoms with Crippen LogP contribution in [0.4, 0.5) is 0 Å². The Hall–Kier alpha value is -1.94. The van der Waals surface area contributed by atoms with Crippen LogP contribution >= 0.6 is 15.6 Å². The molecule has 0 bridgehead atoms. The predicted molar refractivity (Wildman–Crippen MR) is 437 cm³/mol. The molecule has 6 atom stereocenters. The first-order valence-electron chi connectivity index (χ1n) is 45.2. The maximum Gasteiger partial charge on any atom is 0.472 e. The second-order valence-corrected chi connectivity index (χ2v) is 34.4. The minimum Gasteiger partial charge on any atom is -0.462 e. The van der Waals surface area contributed by atoms with E-state index in [2.05, 4.69) is 34.6 Å². The average Bonchev–Trinajstić information content (AvgIpc) is 0.902. The molecule has 0 spiro atoms. The van der Waals surface area contributed by atoms with Crippen molar-refractivity contribution < 1.29 is 80.2 Å². The van der Waals surface area contributed by atoms with Gasteiger partial charge in [-0.2, -0.15) is 0 Å². The number of aliphatic hydroxyl groups excluding tert-OH is 1. The van der Waals surface area contributed by atoms with Crippen LogP contribution in [0, 0.1) is 5.92 Å². The van der Waals surface area contributed by atoms with Crippen molar-refractivity contribution in [3.8, 4) is 0 Å². The summed E-state index contributed by atoms with van der Waals surface area (Å²) in [6.45, 7) is 7.38. The molecule has 3 unspecified atom stereocenters. The SMILES string of the molecule is CCCCCCCCCCCCCCCCCCCCCCCCC(=O)O[C@H](COC(=O)CCCCCCCCCCCCCCCCCCCCCC)COP(=O)(O)OC[C@@H](O)COP(=O)(O)OC[C@@H](COC(=O)CCCCCCCCCCCC)OC(=O)CCCCCCCCCCCCC(C)CC. The highest BCUT2D eigenvalue weighted by Crippen LogP contribution is 2.45. The van der Waals surface area contributed by atoms with E-state index in [1.165, 1.54) is 295 Å². The fourth-order valence-electron chi connectivity index (χ4n) is 13.6. The quantitative estimate of drug-likeness (QED) is 0.0222. The van der Waals surface area contributed by atoms with Crippen LogP contribution in [0.1, 0.15) is 471 Å². The smallest absolute Gasteiger partial charge is 0.462 e. The van der Waals surface area contributed by atoms with E-state index in [1.807, 2.05) is 0 Å². The van der Waals surface area contributed by atoms with Crippen molar-refractivity contribution in [3.63, 3.8) is 0 Å². The zero-order chi connectivity index (χ0) is 77.6. The molecule has 0 aromatic carbocycles. The molecule has 0 aliphatic rings. The van der Waals surface area contributed by atoms with Gasteiger partial charge in [-0.05, 0) is 31.6 Å². The van der Waals surface area contributed by atoms with Gasteiger partial charge < -0.3 is 33.8 Å². The number of carbonyl (C=O) groups is 4. The van der Waals surface area contributed by atoms with Crippen molar-refractivity contribution in [2.24, 2.45) is 5.92 Å². The van der Waals surface area contributed by atoms with Crippen LogP contribution in [-0.4, -0.2) is 96.7 Å². The van der Waals surface area contributed by atoms with E-state index < -0.39 is 97.5 Å². The van der Waals surface area contributed by atoms with Crippen molar-refractivity contribution in [3.05, 3.63) is 0 Å². The highest BCUT2D eigenvalue weighted by atomic mass is 31.2. The molecule has 0 fully saturated rings. The number of rotatable bonds is 87. The number of esters is 4. The molecule has 17 nitrogen and oxygen atoms in total. The van der Waals surface area contributed by atoms with Gasteiger partial charge >= 0.3 is 39.5 Å². The summed E-state index contributed by atoms with van der Waals surface area (Å²) < 4.78 is 68.9. The molecule has 19 heteroatoms. The van der Waals surface area contributed by atoms with Gasteiger partial charge in [-0.15, -0.1) is 0 Å². The van der Waals surface area contributed by atoms with E-state index in [-0.39, 0.29) is 25.7 Å². The Morgan fingerprint density at radius 1 is 0.264 bits per heavy atom. The summed E-state index contributed by atoms with van der Waals surface area (Å²) in [5.74, 6) is -1.30. The van der Waals surface area contributed by atoms with E-state index in [0.29, 0.717) is 25.7 Å². The maximum atomic E-state index is 13.2. The maximum absolute atomic E-state index is 13.2. The van der Waals surface area contributed by atoms with Crippen LogP contribution in [0.5, 0.6) is 0 Å². The summed E-state index contributed by atoms with van der Waals surface area (Å²) in [4.78, 5) is 73.2. The fraction of sp³-hybridized carbons (Fsp3) is 0.954. The highest BCUT2D eigenvalue weighted by Gasteiger charge is 2.30. The molecule has 0 saturated heterocycles. The highest BCUT2D eigenvalue weighted by molar-refractivity contribution is 7.47. The molecule has 0 aromatic heterocycles. The second kappa shape index (κ2) is 79.7. The molecule has 0 radical (unpaired) electrons. The molecule has 0 amide bonds. The zero-order valence-electron chi connectivity index (χ0n) is 69.6. The Labute approximate surface area is 651 Å². The van der Waals surface area contributed by atoms with Gasteiger partial charge in [0.15, 0.2) is 12.2 Å². The third-order valence-corrected chi connectivity index (χ3v) is 22.8. The van der Waals surface area contributed by atoms with Gasteiger partial charge in [0.25, 0.3) is 0 Å². The van der Waals surface area contributed by atoms with Crippen molar-refractivity contribution in [1.82, 2.24) is 0 Å². The molecule has 0 aliphatic heterocycles. The molecule has 0 heterocycles. The van der Waals surface area contributed by atoms with Gasteiger partial charge in [-0.25, -0.2) is 9.13 Å². The zero-order valence-corrected chi connectivity index (χ0v) is 71.4. The van der Waals surface area contributed by atoms with Crippen LogP contribution in [0.2, 0.25) is 0 Å². The molecule has 0 rings (SSSR count). The van der Waals surface area contributed by atoms with Gasteiger partial charge in [0.05, 0.1) is 26.4 Å². The molecule has 106 heavy (non-hydrogen) atoms. The van der Waals surface area contributed by atoms with E-state index >= 15 is 0 Å². The van der Waals surface area contributed by atoms with Gasteiger partial charge in [0, 0.05) is 25.7 Å². The molecular formula is C87H170O17P2. The lowest BCUT2D eigenvalue weighted by molar-refractivity contribution is -0.161. The number of aliphatic hydroxyl groups is 1. The number of phosphoric acid groups is 2. The number of unbranched alkanes of at least 4 members (excludes halogenated alkanes) is 58. The normalized spacial score (nSPS) is 14.0. The Kier molecular flexibility index (Phi) is 78.2. The van der Waals surface area contributed by atoms with E-state index in [4.69, 9.17) is 37.0 Å². The third kappa shape index (κ3) is 78.7. The van der Waals surface area contributed by atoms with Crippen LogP contribution in [0.25, 0.3) is 0 Å². The number of carbonyl (C=O) groups excluding carboxylic acids is 4. The number of hydrogen-bond acceptors (Lipinski definition) is 15.